The Kier molecular flexibility index (Phi) is 7.98. The molecule has 0 aromatic heterocycles. The van der Waals surface area contributed by atoms with Crippen LogP contribution in [0.15, 0.2) is 41.3 Å². The number of imide groups is 1. The summed E-state index contributed by atoms with van der Waals surface area (Å²) in [5.74, 6) is -1.54. The number of sulfonamides is 1. The Morgan fingerprint density at radius 2 is 1.56 bits per heavy atom. The van der Waals surface area contributed by atoms with Gasteiger partial charge in [-0.05, 0) is 56.7 Å². The first-order valence-corrected chi connectivity index (χ1v) is 13.3. The van der Waals surface area contributed by atoms with Crippen molar-refractivity contribution < 1.29 is 22.8 Å². The molecule has 1 heterocycles. The second kappa shape index (κ2) is 10.4. The van der Waals surface area contributed by atoms with E-state index in [0.29, 0.717) is 19.3 Å². The Labute approximate surface area is 202 Å². The maximum Gasteiger partial charge on any atom is 0.243 e. The van der Waals surface area contributed by atoms with Crippen LogP contribution in [-0.4, -0.2) is 54.5 Å². The topological polar surface area (TPSA) is 104 Å². The molecular formula is C25H35N3O5S. The van der Waals surface area contributed by atoms with Gasteiger partial charge >= 0.3 is 0 Å². The Balaban J connectivity index is 1.71. The lowest BCUT2D eigenvalue weighted by Gasteiger charge is -2.27. The van der Waals surface area contributed by atoms with Crippen molar-refractivity contribution in [3.63, 3.8) is 0 Å². The summed E-state index contributed by atoms with van der Waals surface area (Å²) in [6.45, 7) is 7.67. The van der Waals surface area contributed by atoms with E-state index in [1.54, 1.807) is 26.0 Å². The van der Waals surface area contributed by atoms with Crippen LogP contribution in [0.3, 0.4) is 0 Å². The lowest BCUT2D eigenvalue weighted by atomic mass is 9.85. The molecule has 1 fully saturated rings. The van der Waals surface area contributed by atoms with Gasteiger partial charge < -0.3 is 5.32 Å². The molecule has 1 saturated heterocycles. The van der Waals surface area contributed by atoms with Crippen molar-refractivity contribution in [3.05, 3.63) is 42.0 Å². The van der Waals surface area contributed by atoms with Crippen molar-refractivity contribution in [1.29, 1.82) is 0 Å². The molecule has 2 aliphatic rings. The summed E-state index contributed by atoms with van der Waals surface area (Å²) < 4.78 is 26.6. The average molecular weight is 490 g/mol. The molecule has 186 valence electrons. The molecule has 0 radical (unpaired) electrons. The van der Waals surface area contributed by atoms with Crippen LogP contribution < -0.4 is 5.32 Å². The van der Waals surface area contributed by atoms with Gasteiger partial charge in [-0.1, -0.05) is 38.1 Å². The molecule has 9 heteroatoms. The van der Waals surface area contributed by atoms with E-state index in [1.807, 2.05) is 26.0 Å². The number of nitrogens with zero attached hydrogens (tertiary/aromatic N) is 2. The average Bonchev–Trinajstić information content (AvgIpc) is 3.05. The van der Waals surface area contributed by atoms with E-state index in [1.165, 1.54) is 28.4 Å². The number of hydrogen-bond donors (Lipinski definition) is 1. The first kappa shape index (κ1) is 26.1. The molecule has 1 aliphatic carbocycles. The smallest absolute Gasteiger partial charge is 0.243 e. The summed E-state index contributed by atoms with van der Waals surface area (Å²) in [5, 5.41) is 2.84. The number of likely N-dealkylation sites (tertiary alicyclic amines) is 1. The monoisotopic (exact) mass is 489 g/mol. The van der Waals surface area contributed by atoms with Gasteiger partial charge in [-0.2, -0.15) is 4.31 Å². The molecule has 3 atom stereocenters. The summed E-state index contributed by atoms with van der Waals surface area (Å²) in [5.41, 5.74) is 0.722. The lowest BCUT2D eigenvalue weighted by molar-refractivity contribution is -0.148. The molecule has 34 heavy (non-hydrogen) atoms. The Morgan fingerprint density at radius 3 is 2.03 bits per heavy atom. The number of amides is 3. The quantitative estimate of drug-likeness (QED) is 0.424. The van der Waals surface area contributed by atoms with Crippen LogP contribution in [-0.2, 0) is 31.0 Å². The van der Waals surface area contributed by atoms with E-state index < -0.39 is 16.1 Å². The first-order chi connectivity index (χ1) is 15.9. The highest BCUT2D eigenvalue weighted by Crippen LogP contribution is 2.37. The molecule has 3 unspecified atom stereocenters. The van der Waals surface area contributed by atoms with E-state index in [9.17, 15) is 22.8 Å². The summed E-state index contributed by atoms with van der Waals surface area (Å²) in [7, 11) is -2.05. The number of nitrogens with one attached hydrogen (secondary N) is 1. The minimum atomic E-state index is -3.59. The van der Waals surface area contributed by atoms with Gasteiger partial charge in [0.15, 0.2) is 0 Å². The standard InChI is InChI=1S/C25H35N3O5S/c1-16(2)14-22(28-24(30)20-8-6-7-9-21(20)25(28)31)23(29)26-15-18-10-12-19(13-11-18)34(32,33)27(5)17(3)4/h6-7,10-13,16-17,20-22H,8-9,14-15H2,1-5H3,(H,26,29). The van der Waals surface area contributed by atoms with Crippen LogP contribution in [0.5, 0.6) is 0 Å². The maximum absolute atomic E-state index is 13.2. The van der Waals surface area contributed by atoms with Crippen molar-refractivity contribution in [1.82, 2.24) is 14.5 Å². The maximum atomic E-state index is 13.2. The molecular weight excluding hydrogens is 454 g/mol. The van der Waals surface area contributed by atoms with E-state index >= 15 is 0 Å². The SMILES string of the molecule is CC(C)CC(C(=O)NCc1ccc(S(=O)(=O)N(C)C(C)C)cc1)N1C(=O)C2CC=CCC2C1=O. The molecule has 3 amide bonds. The minimum absolute atomic E-state index is 0.111. The molecule has 1 aromatic carbocycles. The summed E-state index contributed by atoms with van der Waals surface area (Å²) in [6.07, 6.45) is 5.30. The van der Waals surface area contributed by atoms with Gasteiger partial charge in [0, 0.05) is 19.6 Å². The molecule has 1 aliphatic heterocycles. The number of benzene rings is 1. The Morgan fingerprint density at radius 1 is 1.03 bits per heavy atom. The highest BCUT2D eigenvalue weighted by molar-refractivity contribution is 7.89. The van der Waals surface area contributed by atoms with Gasteiger partial charge in [-0.25, -0.2) is 8.42 Å². The number of allylic oxidation sites excluding steroid dienone is 2. The predicted octanol–water partition coefficient (Wildman–Crippen LogP) is 2.70. The van der Waals surface area contributed by atoms with Crippen LogP contribution in [0.2, 0.25) is 0 Å². The Bertz CT molecular complexity index is 1040. The summed E-state index contributed by atoms with van der Waals surface area (Å²) in [4.78, 5) is 40.6. The normalized spacial score (nSPS) is 21.5. The fourth-order valence-electron chi connectivity index (χ4n) is 4.44. The zero-order valence-electron chi connectivity index (χ0n) is 20.5. The molecule has 3 rings (SSSR count). The number of rotatable bonds is 9. The van der Waals surface area contributed by atoms with E-state index in [4.69, 9.17) is 0 Å². The van der Waals surface area contributed by atoms with Crippen molar-refractivity contribution in [3.8, 4) is 0 Å². The largest absolute Gasteiger partial charge is 0.350 e. The Hall–Kier alpha value is -2.52. The van der Waals surface area contributed by atoms with Crippen LogP contribution in [0.1, 0.15) is 52.5 Å². The second-order valence-electron chi connectivity index (χ2n) is 9.82. The van der Waals surface area contributed by atoms with Gasteiger partial charge in [-0.3, -0.25) is 19.3 Å². The van der Waals surface area contributed by atoms with Gasteiger partial charge in [0.1, 0.15) is 6.04 Å². The van der Waals surface area contributed by atoms with Crippen molar-refractivity contribution in [2.24, 2.45) is 17.8 Å². The van der Waals surface area contributed by atoms with E-state index in [-0.39, 0.29) is 53.0 Å². The van der Waals surface area contributed by atoms with Crippen LogP contribution in [0.25, 0.3) is 0 Å². The van der Waals surface area contributed by atoms with Crippen molar-refractivity contribution >= 4 is 27.7 Å². The van der Waals surface area contributed by atoms with Crippen LogP contribution in [0, 0.1) is 17.8 Å². The first-order valence-electron chi connectivity index (χ1n) is 11.8. The second-order valence-corrected chi connectivity index (χ2v) is 11.8. The third-order valence-corrected chi connectivity index (χ3v) is 8.69. The number of fused-ring (bicyclic) bond motifs is 1. The fourth-order valence-corrected chi connectivity index (χ4v) is 5.81. The highest BCUT2D eigenvalue weighted by Gasteiger charge is 2.51. The highest BCUT2D eigenvalue weighted by atomic mass is 32.2. The van der Waals surface area contributed by atoms with E-state index in [0.717, 1.165) is 5.56 Å². The third-order valence-electron chi connectivity index (χ3n) is 6.64. The van der Waals surface area contributed by atoms with Gasteiger partial charge in [0.2, 0.25) is 27.7 Å². The summed E-state index contributed by atoms with van der Waals surface area (Å²) in [6, 6.07) is 5.33. The van der Waals surface area contributed by atoms with Crippen molar-refractivity contribution in [2.45, 2.75) is 70.5 Å². The number of hydrogen-bond acceptors (Lipinski definition) is 5. The van der Waals surface area contributed by atoms with Gasteiger partial charge in [0.25, 0.3) is 0 Å². The minimum Gasteiger partial charge on any atom is -0.350 e. The lowest BCUT2D eigenvalue weighted by Crippen LogP contribution is -2.50. The van der Waals surface area contributed by atoms with Gasteiger partial charge in [-0.15, -0.1) is 0 Å². The third kappa shape index (κ3) is 5.25. The predicted molar refractivity (Wildman–Crippen MR) is 129 cm³/mol. The van der Waals surface area contributed by atoms with Crippen LogP contribution >= 0.6 is 0 Å². The van der Waals surface area contributed by atoms with Gasteiger partial charge in [0.05, 0.1) is 16.7 Å². The zero-order valence-corrected chi connectivity index (χ0v) is 21.3. The molecule has 0 spiro atoms. The molecule has 1 aromatic rings. The van der Waals surface area contributed by atoms with E-state index in [2.05, 4.69) is 5.32 Å². The molecule has 0 saturated carbocycles. The molecule has 1 N–H and O–H groups in total. The zero-order chi connectivity index (χ0) is 25.2. The number of carbonyl (C=O) groups is 3. The molecule has 0 bridgehead atoms. The van der Waals surface area contributed by atoms with Crippen molar-refractivity contribution in [2.75, 3.05) is 7.05 Å². The fraction of sp³-hybridized carbons (Fsp3) is 0.560. The molecule has 8 nitrogen and oxygen atoms in total. The van der Waals surface area contributed by atoms with Crippen LogP contribution in [0.4, 0.5) is 0 Å². The summed E-state index contributed by atoms with van der Waals surface area (Å²) >= 11 is 0. The number of carbonyl (C=O) groups excluding carboxylic acids is 3.